The number of nitrogens with one attached hydrogen (secondary N) is 1. The molecule has 18 heavy (non-hydrogen) atoms. The van der Waals surface area contributed by atoms with Crippen LogP contribution in [0.5, 0.6) is 0 Å². The highest BCUT2D eigenvalue weighted by molar-refractivity contribution is 4.73. The van der Waals surface area contributed by atoms with Gasteiger partial charge in [0.25, 0.3) is 0 Å². The van der Waals surface area contributed by atoms with E-state index in [9.17, 15) is 0 Å². The van der Waals surface area contributed by atoms with Crippen molar-refractivity contribution < 1.29 is 0 Å². The van der Waals surface area contributed by atoms with E-state index in [1.807, 2.05) is 0 Å². The van der Waals surface area contributed by atoms with E-state index < -0.39 is 0 Å². The number of unbranched alkanes of at least 4 members (excludes halogenated alkanes) is 4. The van der Waals surface area contributed by atoms with Crippen LogP contribution in [-0.4, -0.2) is 13.1 Å². The van der Waals surface area contributed by atoms with Crippen molar-refractivity contribution in [2.45, 2.75) is 96.4 Å². The Morgan fingerprint density at radius 3 is 2.22 bits per heavy atom. The van der Waals surface area contributed by atoms with Crippen LogP contribution in [0.15, 0.2) is 0 Å². The first-order valence-corrected chi connectivity index (χ1v) is 8.54. The Bertz CT molecular complexity index is 170. The summed E-state index contributed by atoms with van der Waals surface area (Å²) in [4.78, 5) is 0. The molecule has 1 atom stereocenters. The van der Waals surface area contributed by atoms with Crippen LogP contribution in [0, 0.1) is 5.92 Å². The van der Waals surface area contributed by atoms with Crippen LogP contribution in [0.4, 0.5) is 0 Å². The van der Waals surface area contributed by atoms with Gasteiger partial charge in [-0.25, -0.2) is 0 Å². The third kappa shape index (κ3) is 7.41. The van der Waals surface area contributed by atoms with Crippen molar-refractivity contribution in [3.05, 3.63) is 0 Å². The summed E-state index contributed by atoms with van der Waals surface area (Å²) in [6.45, 7) is 2.29. The molecule has 0 radical (unpaired) electrons. The summed E-state index contributed by atoms with van der Waals surface area (Å²) >= 11 is 0. The number of hydrogen-bond acceptors (Lipinski definition) is 1. The van der Waals surface area contributed by atoms with Gasteiger partial charge in [0.1, 0.15) is 0 Å². The van der Waals surface area contributed by atoms with Crippen molar-refractivity contribution in [2.24, 2.45) is 5.92 Å². The van der Waals surface area contributed by atoms with Gasteiger partial charge in [-0.2, -0.15) is 0 Å². The lowest BCUT2D eigenvalue weighted by Gasteiger charge is -2.22. The molecule has 1 unspecified atom stereocenters. The molecule has 0 aromatic heterocycles. The lowest BCUT2D eigenvalue weighted by Crippen LogP contribution is -2.27. The fraction of sp³-hybridized carbons (Fsp3) is 1.00. The van der Waals surface area contributed by atoms with E-state index in [1.165, 1.54) is 83.5 Å². The molecule has 0 aromatic carbocycles. The highest BCUT2D eigenvalue weighted by Gasteiger charge is 2.16. The number of rotatable bonds is 9. The predicted octanol–water partition coefficient (Wildman–Crippen LogP) is 5.30. The summed E-state index contributed by atoms with van der Waals surface area (Å²) in [7, 11) is 2.16. The Balaban J connectivity index is 2.11. The zero-order chi connectivity index (χ0) is 13.1. The molecule has 1 N–H and O–H groups in total. The molecule has 108 valence electrons. The molecule has 0 aliphatic heterocycles. The minimum atomic E-state index is 0.787. The molecule has 1 aliphatic rings. The Morgan fingerprint density at radius 1 is 0.944 bits per heavy atom. The van der Waals surface area contributed by atoms with E-state index >= 15 is 0 Å². The SMILES string of the molecule is CCCCCCCC(CC1CCCCCC1)NC. The van der Waals surface area contributed by atoms with Crippen molar-refractivity contribution in [1.82, 2.24) is 5.32 Å². The van der Waals surface area contributed by atoms with Gasteiger partial charge in [0.2, 0.25) is 0 Å². The lowest BCUT2D eigenvalue weighted by molar-refractivity contribution is 0.344. The standard InChI is InChI=1S/C17H35N/c1-3-4-5-6-11-14-17(18-2)15-16-12-9-7-8-10-13-16/h16-18H,3-15H2,1-2H3. The number of hydrogen-bond donors (Lipinski definition) is 1. The molecular formula is C17H35N. The van der Waals surface area contributed by atoms with Gasteiger partial charge in [-0.3, -0.25) is 0 Å². The summed E-state index contributed by atoms with van der Waals surface area (Å²) in [5, 5.41) is 3.56. The van der Waals surface area contributed by atoms with Crippen molar-refractivity contribution in [2.75, 3.05) is 7.05 Å². The zero-order valence-corrected chi connectivity index (χ0v) is 12.8. The van der Waals surface area contributed by atoms with Gasteiger partial charge >= 0.3 is 0 Å². The third-order valence-corrected chi connectivity index (χ3v) is 4.66. The smallest absolute Gasteiger partial charge is 0.00667 e. The van der Waals surface area contributed by atoms with Gasteiger partial charge in [-0.1, -0.05) is 77.6 Å². The van der Waals surface area contributed by atoms with Crippen molar-refractivity contribution in [3.8, 4) is 0 Å². The topological polar surface area (TPSA) is 12.0 Å². The lowest BCUT2D eigenvalue weighted by atomic mass is 9.90. The highest BCUT2D eigenvalue weighted by Crippen LogP contribution is 2.27. The molecule has 1 fully saturated rings. The summed E-state index contributed by atoms with van der Waals surface area (Å²) in [6.07, 6.45) is 18.9. The highest BCUT2D eigenvalue weighted by atomic mass is 14.9. The molecule has 0 aromatic rings. The second-order valence-corrected chi connectivity index (χ2v) is 6.28. The molecule has 1 nitrogen and oxygen atoms in total. The molecule has 1 rings (SSSR count). The van der Waals surface area contributed by atoms with E-state index in [2.05, 4.69) is 19.3 Å². The average Bonchev–Trinajstić information content (AvgIpc) is 2.65. The largest absolute Gasteiger partial charge is 0.317 e. The Hall–Kier alpha value is -0.0400. The molecule has 0 amide bonds. The van der Waals surface area contributed by atoms with Crippen LogP contribution in [0.25, 0.3) is 0 Å². The molecule has 0 spiro atoms. The van der Waals surface area contributed by atoms with Crippen molar-refractivity contribution in [1.29, 1.82) is 0 Å². The minimum absolute atomic E-state index is 0.787. The second-order valence-electron chi connectivity index (χ2n) is 6.28. The maximum atomic E-state index is 3.56. The Labute approximate surface area is 115 Å². The van der Waals surface area contributed by atoms with Gasteiger partial charge < -0.3 is 5.32 Å². The Kier molecular flexibility index (Phi) is 9.65. The molecule has 1 saturated carbocycles. The van der Waals surface area contributed by atoms with Crippen molar-refractivity contribution in [3.63, 3.8) is 0 Å². The fourth-order valence-electron chi connectivity index (χ4n) is 3.38. The summed E-state index contributed by atoms with van der Waals surface area (Å²) in [5.41, 5.74) is 0. The van der Waals surface area contributed by atoms with Gasteiger partial charge in [0, 0.05) is 6.04 Å². The van der Waals surface area contributed by atoms with E-state index in [-0.39, 0.29) is 0 Å². The molecule has 0 saturated heterocycles. The van der Waals surface area contributed by atoms with Crippen LogP contribution < -0.4 is 5.32 Å². The predicted molar refractivity (Wildman–Crippen MR) is 82.0 cm³/mol. The molecule has 0 bridgehead atoms. The van der Waals surface area contributed by atoms with Gasteiger partial charge in [0.15, 0.2) is 0 Å². The van der Waals surface area contributed by atoms with Crippen LogP contribution in [-0.2, 0) is 0 Å². The van der Waals surface area contributed by atoms with Gasteiger partial charge in [-0.15, -0.1) is 0 Å². The zero-order valence-electron chi connectivity index (χ0n) is 12.8. The van der Waals surface area contributed by atoms with E-state index in [0.717, 1.165) is 12.0 Å². The van der Waals surface area contributed by atoms with Crippen molar-refractivity contribution >= 4 is 0 Å². The van der Waals surface area contributed by atoms with Gasteiger partial charge in [-0.05, 0) is 25.8 Å². The maximum absolute atomic E-state index is 3.56. The summed E-state index contributed by atoms with van der Waals surface area (Å²) < 4.78 is 0. The fourth-order valence-corrected chi connectivity index (χ4v) is 3.38. The quantitative estimate of drug-likeness (QED) is 0.434. The molecular weight excluding hydrogens is 218 g/mol. The van der Waals surface area contributed by atoms with Crippen LogP contribution in [0.3, 0.4) is 0 Å². The van der Waals surface area contributed by atoms with Crippen LogP contribution >= 0.6 is 0 Å². The summed E-state index contributed by atoms with van der Waals surface area (Å²) in [5.74, 6) is 1.01. The Morgan fingerprint density at radius 2 is 1.61 bits per heavy atom. The van der Waals surface area contributed by atoms with Crippen LogP contribution in [0.1, 0.15) is 90.4 Å². The van der Waals surface area contributed by atoms with E-state index in [1.54, 1.807) is 0 Å². The average molecular weight is 253 g/mol. The second kappa shape index (κ2) is 10.8. The van der Waals surface area contributed by atoms with E-state index in [0.29, 0.717) is 0 Å². The first-order chi connectivity index (χ1) is 8.86. The minimum Gasteiger partial charge on any atom is -0.317 e. The van der Waals surface area contributed by atoms with E-state index in [4.69, 9.17) is 0 Å². The molecule has 0 heterocycles. The normalized spacial score (nSPS) is 19.7. The first-order valence-electron chi connectivity index (χ1n) is 8.54. The monoisotopic (exact) mass is 253 g/mol. The molecule has 1 aliphatic carbocycles. The first kappa shape index (κ1) is 16.0. The molecule has 1 heteroatoms. The van der Waals surface area contributed by atoms with Gasteiger partial charge in [0.05, 0.1) is 0 Å². The van der Waals surface area contributed by atoms with Crippen LogP contribution in [0.2, 0.25) is 0 Å². The third-order valence-electron chi connectivity index (χ3n) is 4.66. The summed E-state index contributed by atoms with van der Waals surface area (Å²) in [6, 6.07) is 0.787. The maximum Gasteiger partial charge on any atom is 0.00667 e.